The molecule has 1 aliphatic rings. The van der Waals surface area contributed by atoms with Crippen molar-refractivity contribution in [3.63, 3.8) is 0 Å². The van der Waals surface area contributed by atoms with Gasteiger partial charge in [0, 0.05) is 19.4 Å². The smallest absolute Gasteiger partial charge is 0.134 e. The molecule has 1 saturated carbocycles. The van der Waals surface area contributed by atoms with Crippen LogP contribution < -0.4 is 0 Å². The highest BCUT2D eigenvalue weighted by Crippen LogP contribution is 2.27. The number of hydrogen-bond donors (Lipinski definition) is 0. The number of rotatable bonds is 7. The topological polar surface area (TPSA) is 20.3 Å². The van der Waals surface area contributed by atoms with E-state index in [0.717, 1.165) is 32.5 Å². The molecule has 0 bridgehead atoms. The van der Waals surface area contributed by atoms with Gasteiger partial charge in [0.05, 0.1) is 0 Å². The van der Waals surface area contributed by atoms with Crippen molar-refractivity contribution in [1.29, 1.82) is 0 Å². The van der Waals surface area contributed by atoms with Gasteiger partial charge in [0.2, 0.25) is 0 Å². The van der Waals surface area contributed by atoms with E-state index in [2.05, 4.69) is 18.7 Å². The summed E-state index contributed by atoms with van der Waals surface area (Å²) in [7, 11) is 0. The minimum atomic E-state index is 0.480. The highest BCUT2D eigenvalue weighted by atomic mass is 16.1. The minimum Gasteiger partial charge on any atom is -0.303 e. The van der Waals surface area contributed by atoms with E-state index in [4.69, 9.17) is 0 Å². The summed E-state index contributed by atoms with van der Waals surface area (Å²) >= 11 is 0. The maximum Gasteiger partial charge on any atom is 0.134 e. The SMILES string of the molecule is CCN(CC)CCC(=O)CC1CCCC1. The number of carbonyl (C=O) groups is 1. The van der Waals surface area contributed by atoms with E-state index in [9.17, 15) is 4.79 Å². The van der Waals surface area contributed by atoms with Crippen LogP contribution in [0, 0.1) is 5.92 Å². The Bertz CT molecular complexity index is 181. The van der Waals surface area contributed by atoms with Crippen LogP contribution in [0.25, 0.3) is 0 Å². The summed E-state index contributed by atoms with van der Waals surface area (Å²) in [5.41, 5.74) is 0. The molecular weight excluding hydrogens is 186 g/mol. The van der Waals surface area contributed by atoms with Gasteiger partial charge in [0.25, 0.3) is 0 Å². The summed E-state index contributed by atoms with van der Waals surface area (Å²) in [6.45, 7) is 7.40. The molecule has 2 heteroatoms. The van der Waals surface area contributed by atoms with Crippen LogP contribution in [0.5, 0.6) is 0 Å². The van der Waals surface area contributed by atoms with Gasteiger partial charge in [-0.15, -0.1) is 0 Å². The normalized spacial score (nSPS) is 17.5. The third-order valence-corrected chi connectivity index (χ3v) is 3.59. The molecule has 0 heterocycles. The van der Waals surface area contributed by atoms with Crippen LogP contribution in [-0.4, -0.2) is 30.3 Å². The first kappa shape index (κ1) is 12.7. The predicted molar refractivity (Wildman–Crippen MR) is 64.0 cm³/mol. The van der Waals surface area contributed by atoms with Crippen LogP contribution >= 0.6 is 0 Å². The van der Waals surface area contributed by atoms with Gasteiger partial charge in [0.15, 0.2) is 0 Å². The van der Waals surface area contributed by atoms with Crippen molar-refractivity contribution in [3.8, 4) is 0 Å². The van der Waals surface area contributed by atoms with E-state index in [0.29, 0.717) is 11.7 Å². The second-order valence-electron chi connectivity index (χ2n) is 4.67. The molecule has 0 saturated heterocycles. The summed E-state index contributed by atoms with van der Waals surface area (Å²) in [6, 6.07) is 0. The third-order valence-electron chi connectivity index (χ3n) is 3.59. The van der Waals surface area contributed by atoms with E-state index in [1.54, 1.807) is 0 Å². The number of hydrogen-bond acceptors (Lipinski definition) is 2. The van der Waals surface area contributed by atoms with Crippen molar-refractivity contribution < 1.29 is 4.79 Å². The van der Waals surface area contributed by atoms with Crippen molar-refractivity contribution in [2.24, 2.45) is 5.92 Å². The molecule has 0 amide bonds. The molecule has 0 unspecified atom stereocenters. The Balaban J connectivity index is 2.12. The van der Waals surface area contributed by atoms with E-state index in [-0.39, 0.29) is 0 Å². The van der Waals surface area contributed by atoms with Gasteiger partial charge < -0.3 is 4.90 Å². The fourth-order valence-corrected chi connectivity index (χ4v) is 2.46. The molecule has 0 radical (unpaired) electrons. The Labute approximate surface area is 94.0 Å². The molecule has 0 atom stereocenters. The van der Waals surface area contributed by atoms with Crippen molar-refractivity contribution in [2.45, 2.75) is 52.4 Å². The molecule has 88 valence electrons. The fraction of sp³-hybridized carbons (Fsp3) is 0.923. The van der Waals surface area contributed by atoms with Crippen LogP contribution in [0.2, 0.25) is 0 Å². The summed E-state index contributed by atoms with van der Waals surface area (Å²) in [5.74, 6) is 1.20. The minimum absolute atomic E-state index is 0.480. The average molecular weight is 211 g/mol. The molecule has 0 N–H and O–H groups in total. The molecule has 2 nitrogen and oxygen atoms in total. The van der Waals surface area contributed by atoms with Crippen molar-refractivity contribution in [2.75, 3.05) is 19.6 Å². The summed E-state index contributed by atoms with van der Waals surface area (Å²) in [4.78, 5) is 14.0. The Kier molecular flexibility index (Phi) is 5.92. The zero-order valence-electron chi connectivity index (χ0n) is 10.3. The largest absolute Gasteiger partial charge is 0.303 e. The van der Waals surface area contributed by atoms with E-state index >= 15 is 0 Å². The first-order valence-electron chi connectivity index (χ1n) is 6.50. The average Bonchev–Trinajstić information content (AvgIpc) is 2.72. The quantitative estimate of drug-likeness (QED) is 0.645. The zero-order valence-corrected chi connectivity index (χ0v) is 10.3. The maximum absolute atomic E-state index is 11.7. The molecular formula is C13H25NO. The van der Waals surface area contributed by atoms with Gasteiger partial charge in [-0.3, -0.25) is 4.79 Å². The van der Waals surface area contributed by atoms with Crippen molar-refractivity contribution >= 4 is 5.78 Å². The molecule has 0 aliphatic heterocycles. The first-order chi connectivity index (χ1) is 7.26. The van der Waals surface area contributed by atoms with Crippen molar-refractivity contribution in [1.82, 2.24) is 4.90 Å². The molecule has 0 aromatic carbocycles. The number of ketones is 1. The lowest BCUT2D eigenvalue weighted by atomic mass is 9.99. The molecule has 0 aromatic heterocycles. The highest BCUT2D eigenvalue weighted by Gasteiger charge is 2.18. The van der Waals surface area contributed by atoms with Crippen molar-refractivity contribution in [3.05, 3.63) is 0 Å². The standard InChI is InChI=1S/C13H25NO/c1-3-14(4-2)10-9-13(15)11-12-7-5-6-8-12/h12H,3-11H2,1-2H3. The van der Waals surface area contributed by atoms with E-state index in [1.165, 1.54) is 25.7 Å². The van der Waals surface area contributed by atoms with Crippen LogP contribution in [0.4, 0.5) is 0 Å². The lowest BCUT2D eigenvalue weighted by Gasteiger charge is -2.17. The second kappa shape index (κ2) is 7.00. The summed E-state index contributed by atoms with van der Waals surface area (Å²) < 4.78 is 0. The Morgan fingerprint density at radius 3 is 2.33 bits per heavy atom. The van der Waals surface area contributed by atoms with Gasteiger partial charge in [-0.2, -0.15) is 0 Å². The fourth-order valence-electron chi connectivity index (χ4n) is 2.46. The van der Waals surface area contributed by atoms with Gasteiger partial charge in [-0.05, 0) is 19.0 Å². The maximum atomic E-state index is 11.7. The lowest BCUT2D eigenvalue weighted by Crippen LogP contribution is -2.26. The first-order valence-corrected chi connectivity index (χ1v) is 6.50. The van der Waals surface area contributed by atoms with Crippen LogP contribution in [0.15, 0.2) is 0 Å². The number of nitrogens with zero attached hydrogens (tertiary/aromatic N) is 1. The number of carbonyl (C=O) groups excluding carboxylic acids is 1. The molecule has 1 aliphatic carbocycles. The van der Waals surface area contributed by atoms with Crippen LogP contribution in [0.1, 0.15) is 52.4 Å². The third kappa shape index (κ3) is 4.78. The Morgan fingerprint density at radius 1 is 1.20 bits per heavy atom. The zero-order chi connectivity index (χ0) is 11.1. The Morgan fingerprint density at radius 2 is 1.80 bits per heavy atom. The Hall–Kier alpha value is -0.370. The number of Topliss-reactive ketones (excluding diaryl/α,β-unsaturated/α-hetero) is 1. The summed E-state index contributed by atoms with van der Waals surface area (Å²) in [6.07, 6.45) is 6.87. The molecule has 0 aromatic rings. The molecule has 1 fully saturated rings. The molecule has 15 heavy (non-hydrogen) atoms. The highest BCUT2D eigenvalue weighted by molar-refractivity contribution is 5.78. The lowest BCUT2D eigenvalue weighted by molar-refractivity contribution is -0.120. The summed E-state index contributed by atoms with van der Waals surface area (Å²) in [5, 5.41) is 0. The second-order valence-corrected chi connectivity index (χ2v) is 4.67. The van der Waals surface area contributed by atoms with Crippen LogP contribution in [-0.2, 0) is 4.79 Å². The molecule has 1 rings (SSSR count). The van der Waals surface area contributed by atoms with Gasteiger partial charge in [-0.25, -0.2) is 0 Å². The van der Waals surface area contributed by atoms with Gasteiger partial charge in [-0.1, -0.05) is 39.5 Å². The van der Waals surface area contributed by atoms with Gasteiger partial charge >= 0.3 is 0 Å². The van der Waals surface area contributed by atoms with E-state index in [1.807, 2.05) is 0 Å². The monoisotopic (exact) mass is 211 g/mol. The molecule has 0 spiro atoms. The van der Waals surface area contributed by atoms with Gasteiger partial charge in [0.1, 0.15) is 5.78 Å². The van der Waals surface area contributed by atoms with Crippen LogP contribution in [0.3, 0.4) is 0 Å². The predicted octanol–water partition coefficient (Wildman–Crippen LogP) is 2.87. The van der Waals surface area contributed by atoms with E-state index < -0.39 is 0 Å².